The Balaban J connectivity index is 0.920. The maximum absolute atomic E-state index is 12.7. The van der Waals surface area contributed by atoms with Gasteiger partial charge in [0, 0.05) is 52.1 Å². The van der Waals surface area contributed by atoms with Crippen LogP contribution in [-0.4, -0.2) is 132 Å². The molecule has 2 fully saturated rings. The first-order chi connectivity index (χ1) is 25.9. The second-order valence-corrected chi connectivity index (χ2v) is 15.7. The SMILES string of the molecule is N=C(CCSCCc1nnc(NC(=O)Cc2cccc(OCCN3CCOCC3)c2)s1)SC(N)=NC(=O)Cc1cccc(OCCN2CCOCC2)c1. The molecule has 3 aromatic rings. The number of rotatable bonds is 19. The standard InChI is InChI=1S/C36H48N8O6S3/c37-31(52-35(38)39-32(45)25-27-3-1-5-29(23-27)49-19-13-43-9-15-47-16-10-43)7-21-51-22-8-34-41-42-36(53-34)40-33(46)26-28-4-2-6-30(24-28)50-20-14-44-11-17-48-18-12-44/h1-6,23-24,37H,7-22,25-26H2,(H2,38,39,45)(H,40,42,46). The van der Waals surface area contributed by atoms with Gasteiger partial charge in [0.15, 0.2) is 5.17 Å². The van der Waals surface area contributed by atoms with Crippen molar-refractivity contribution in [3.05, 3.63) is 64.7 Å². The van der Waals surface area contributed by atoms with E-state index in [1.807, 2.05) is 48.5 Å². The highest BCUT2D eigenvalue weighted by Crippen LogP contribution is 2.20. The monoisotopic (exact) mass is 784 g/mol. The van der Waals surface area contributed by atoms with Crippen LogP contribution >= 0.6 is 34.9 Å². The summed E-state index contributed by atoms with van der Waals surface area (Å²) < 4.78 is 22.6. The lowest BCUT2D eigenvalue weighted by Crippen LogP contribution is -2.38. The normalized spacial score (nSPS) is 15.6. The number of hydrogen-bond acceptors (Lipinski definition) is 14. The van der Waals surface area contributed by atoms with Gasteiger partial charge in [-0.15, -0.1) is 10.2 Å². The Morgan fingerprint density at radius 1 is 0.887 bits per heavy atom. The van der Waals surface area contributed by atoms with Crippen molar-refractivity contribution in [3.8, 4) is 11.5 Å². The summed E-state index contributed by atoms with van der Waals surface area (Å²) in [5.41, 5.74) is 7.63. The molecule has 5 rings (SSSR count). The number of aliphatic imine (C=N–C) groups is 1. The molecule has 2 aliphatic heterocycles. The van der Waals surface area contributed by atoms with Gasteiger partial charge in [0.2, 0.25) is 11.0 Å². The fourth-order valence-corrected chi connectivity index (χ4v) is 7.95. The number of aromatic nitrogens is 2. The second kappa shape index (κ2) is 22.6. The van der Waals surface area contributed by atoms with Gasteiger partial charge in [0.05, 0.1) is 44.3 Å². The number of carbonyl (C=O) groups excluding carboxylic acids is 2. The first kappa shape index (κ1) is 40.6. The van der Waals surface area contributed by atoms with Gasteiger partial charge in [-0.1, -0.05) is 35.6 Å². The number of amidine groups is 1. The van der Waals surface area contributed by atoms with Crippen LogP contribution in [0.4, 0.5) is 5.13 Å². The molecule has 14 nitrogen and oxygen atoms in total. The molecule has 1 aromatic heterocycles. The van der Waals surface area contributed by atoms with Crippen LogP contribution in [0.1, 0.15) is 22.6 Å². The summed E-state index contributed by atoms with van der Waals surface area (Å²) in [5, 5.41) is 21.1. The summed E-state index contributed by atoms with van der Waals surface area (Å²) in [4.78, 5) is 33.8. The highest BCUT2D eigenvalue weighted by Gasteiger charge is 2.13. The Hall–Kier alpha value is -3.58. The van der Waals surface area contributed by atoms with Crippen LogP contribution < -0.4 is 20.5 Å². The molecule has 2 saturated heterocycles. The average Bonchev–Trinajstić information content (AvgIpc) is 3.59. The van der Waals surface area contributed by atoms with Gasteiger partial charge in [0.1, 0.15) is 29.7 Å². The summed E-state index contributed by atoms with van der Waals surface area (Å²) in [6, 6.07) is 15.0. The highest BCUT2D eigenvalue weighted by molar-refractivity contribution is 8.26. The largest absolute Gasteiger partial charge is 0.492 e. The first-order valence-corrected chi connectivity index (χ1v) is 20.5. The quantitative estimate of drug-likeness (QED) is 0.0914. The number of nitrogens with two attached hydrogens (primary N) is 1. The number of carbonyl (C=O) groups is 2. The predicted octanol–water partition coefficient (Wildman–Crippen LogP) is 3.60. The highest BCUT2D eigenvalue weighted by atomic mass is 32.2. The Morgan fingerprint density at radius 2 is 1.49 bits per heavy atom. The third kappa shape index (κ3) is 15.7. The molecule has 17 heteroatoms. The van der Waals surface area contributed by atoms with E-state index in [9.17, 15) is 9.59 Å². The van der Waals surface area contributed by atoms with E-state index in [0.717, 1.165) is 105 Å². The summed E-state index contributed by atoms with van der Waals surface area (Å²) in [6.07, 6.45) is 1.50. The zero-order valence-corrected chi connectivity index (χ0v) is 32.3. The zero-order chi connectivity index (χ0) is 37.1. The van der Waals surface area contributed by atoms with Crippen LogP contribution in [0, 0.1) is 5.41 Å². The maximum Gasteiger partial charge on any atom is 0.252 e. The number of morpholine rings is 2. The zero-order valence-electron chi connectivity index (χ0n) is 29.8. The van der Waals surface area contributed by atoms with E-state index in [2.05, 4.69) is 30.3 Å². The third-order valence-electron chi connectivity index (χ3n) is 8.19. The van der Waals surface area contributed by atoms with Crippen molar-refractivity contribution in [2.45, 2.75) is 25.7 Å². The molecule has 0 atom stereocenters. The number of amides is 2. The Morgan fingerprint density at radius 3 is 2.11 bits per heavy atom. The van der Waals surface area contributed by atoms with Crippen molar-refractivity contribution >= 4 is 62.0 Å². The minimum atomic E-state index is -0.371. The molecule has 0 bridgehead atoms. The number of thioether (sulfide) groups is 2. The summed E-state index contributed by atoms with van der Waals surface area (Å²) >= 11 is 4.05. The predicted molar refractivity (Wildman–Crippen MR) is 212 cm³/mol. The van der Waals surface area contributed by atoms with Gasteiger partial charge < -0.3 is 30.0 Å². The minimum absolute atomic E-state index is 0.0619. The lowest BCUT2D eigenvalue weighted by Gasteiger charge is -2.26. The number of benzene rings is 2. The van der Waals surface area contributed by atoms with Crippen molar-refractivity contribution < 1.29 is 28.5 Å². The third-order valence-corrected chi connectivity index (χ3v) is 10.8. The number of anilines is 1. The van der Waals surface area contributed by atoms with E-state index in [1.165, 1.54) is 11.3 Å². The van der Waals surface area contributed by atoms with Crippen molar-refractivity contribution in [2.75, 3.05) is 95.7 Å². The van der Waals surface area contributed by atoms with Gasteiger partial charge in [-0.25, -0.2) is 0 Å². The van der Waals surface area contributed by atoms with Gasteiger partial charge in [0.25, 0.3) is 5.91 Å². The number of ether oxygens (including phenoxy) is 4. The van der Waals surface area contributed by atoms with E-state index in [4.69, 9.17) is 30.1 Å². The lowest BCUT2D eigenvalue weighted by atomic mass is 10.1. The molecule has 2 amide bonds. The number of aryl methyl sites for hydroxylation is 1. The molecule has 0 aliphatic carbocycles. The van der Waals surface area contributed by atoms with E-state index in [1.54, 1.807) is 11.8 Å². The molecule has 4 N–H and O–H groups in total. The van der Waals surface area contributed by atoms with Gasteiger partial charge in [-0.2, -0.15) is 16.8 Å². The van der Waals surface area contributed by atoms with Crippen molar-refractivity contribution in [2.24, 2.45) is 10.7 Å². The van der Waals surface area contributed by atoms with E-state index < -0.39 is 0 Å². The van der Waals surface area contributed by atoms with Crippen LogP contribution in [0.15, 0.2) is 53.5 Å². The molecule has 2 aromatic carbocycles. The van der Waals surface area contributed by atoms with Gasteiger partial charge in [-0.3, -0.25) is 24.8 Å². The van der Waals surface area contributed by atoms with Crippen LogP contribution in [-0.2, 0) is 38.3 Å². The Bertz CT molecular complexity index is 1650. The molecule has 0 saturated carbocycles. The molecular formula is C36H48N8O6S3. The molecular weight excluding hydrogens is 737 g/mol. The van der Waals surface area contributed by atoms with Crippen LogP contribution in [0.25, 0.3) is 0 Å². The molecule has 0 unspecified atom stereocenters. The fourth-order valence-electron chi connectivity index (χ4n) is 5.44. The second-order valence-electron chi connectivity index (χ2n) is 12.3. The molecule has 3 heterocycles. The summed E-state index contributed by atoms with van der Waals surface area (Å²) in [6.45, 7) is 9.49. The Labute approximate surface area is 323 Å². The van der Waals surface area contributed by atoms with E-state index in [-0.39, 0.29) is 29.8 Å². The van der Waals surface area contributed by atoms with Crippen molar-refractivity contribution in [3.63, 3.8) is 0 Å². The minimum Gasteiger partial charge on any atom is -0.492 e. The van der Waals surface area contributed by atoms with Crippen LogP contribution in [0.3, 0.4) is 0 Å². The number of hydrogen-bond donors (Lipinski definition) is 3. The summed E-state index contributed by atoms with van der Waals surface area (Å²) in [5.74, 6) is 2.42. The molecule has 286 valence electrons. The number of nitrogens with zero attached hydrogens (tertiary/aromatic N) is 5. The molecule has 0 spiro atoms. The Kier molecular flexibility index (Phi) is 17.3. The lowest BCUT2D eigenvalue weighted by molar-refractivity contribution is -0.117. The maximum atomic E-state index is 12.7. The van der Waals surface area contributed by atoms with Crippen LogP contribution in [0.2, 0.25) is 0 Å². The van der Waals surface area contributed by atoms with Crippen LogP contribution in [0.5, 0.6) is 11.5 Å². The van der Waals surface area contributed by atoms with Gasteiger partial charge in [-0.05, 0) is 58.7 Å². The van der Waals surface area contributed by atoms with E-state index in [0.29, 0.717) is 47.7 Å². The molecule has 0 radical (unpaired) electrons. The van der Waals surface area contributed by atoms with E-state index >= 15 is 0 Å². The van der Waals surface area contributed by atoms with Crippen molar-refractivity contribution in [1.29, 1.82) is 5.41 Å². The summed E-state index contributed by atoms with van der Waals surface area (Å²) in [7, 11) is 0. The molecule has 53 heavy (non-hydrogen) atoms. The molecule has 2 aliphatic rings. The first-order valence-electron chi connectivity index (χ1n) is 17.7. The average molecular weight is 785 g/mol. The fraction of sp³-hybridized carbons (Fsp3) is 0.500. The topological polar surface area (TPSA) is 178 Å². The number of nitrogens with one attached hydrogen (secondary N) is 2. The van der Waals surface area contributed by atoms with Crippen molar-refractivity contribution in [1.82, 2.24) is 20.0 Å². The smallest absolute Gasteiger partial charge is 0.252 e. The van der Waals surface area contributed by atoms with Gasteiger partial charge >= 0.3 is 0 Å².